The van der Waals surface area contributed by atoms with Gasteiger partial charge < -0.3 is 10.1 Å². The van der Waals surface area contributed by atoms with Crippen molar-refractivity contribution < 1.29 is 9.13 Å². The standard InChI is InChI=1S/C15H22ClFN2O/c1-3-19-6-7-20-15(10-19)14(18-2)8-11-4-5-12(17)9-13(11)16/h4-5,9,14-15,18H,3,6-8,10H2,1-2H3. The molecule has 1 aromatic rings. The summed E-state index contributed by atoms with van der Waals surface area (Å²) in [6.07, 6.45) is 0.868. The predicted octanol–water partition coefficient (Wildman–Crippen LogP) is 2.33. The van der Waals surface area contributed by atoms with Gasteiger partial charge in [0.05, 0.1) is 12.7 Å². The summed E-state index contributed by atoms with van der Waals surface area (Å²) in [7, 11) is 1.93. The van der Waals surface area contributed by atoms with E-state index in [1.807, 2.05) is 7.05 Å². The van der Waals surface area contributed by atoms with Gasteiger partial charge in [-0.15, -0.1) is 0 Å². The zero-order chi connectivity index (χ0) is 14.5. The highest BCUT2D eigenvalue weighted by molar-refractivity contribution is 6.31. The second-order valence-electron chi connectivity index (χ2n) is 5.14. The zero-order valence-electron chi connectivity index (χ0n) is 12.0. The van der Waals surface area contributed by atoms with Crippen LogP contribution in [0, 0.1) is 5.82 Å². The van der Waals surface area contributed by atoms with Gasteiger partial charge in [-0.1, -0.05) is 24.6 Å². The summed E-state index contributed by atoms with van der Waals surface area (Å²) in [4.78, 5) is 2.38. The van der Waals surface area contributed by atoms with E-state index in [-0.39, 0.29) is 18.0 Å². The molecule has 0 amide bonds. The average Bonchev–Trinajstić information content (AvgIpc) is 2.46. The van der Waals surface area contributed by atoms with Crippen LogP contribution in [0.1, 0.15) is 12.5 Å². The first-order chi connectivity index (χ1) is 9.63. The Morgan fingerprint density at radius 2 is 2.35 bits per heavy atom. The average molecular weight is 301 g/mol. The molecule has 1 N–H and O–H groups in total. The molecule has 0 radical (unpaired) electrons. The van der Waals surface area contributed by atoms with Crippen molar-refractivity contribution in [1.82, 2.24) is 10.2 Å². The van der Waals surface area contributed by atoms with Crippen molar-refractivity contribution in [2.75, 3.05) is 33.3 Å². The van der Waals surface area contributed by atoms with Gasteiger partial charge in [0.15, 0.2) is 0 Å². The Labute approximate surface area is 125 Å². The lowest BCUT2D eigenvalue weighted by Gasteiger charge is -2.36. The van der Waals surface area contributed by atoms with Crippen molar-refractivity contribution in [3.8, 4) is 0 Å². The molecule has 1 heterocycles. The summed E-state index contributed by atoms with van der Waals surface area (Å²) >= 11 is 6.11. The molecule has 2 rings (SSSR count). The highest BCUT2D eigenvalue weighted by Crippen LogP contribution is 2.21. The topological polar surface area (TPSA) is 24.5 Å². The number of hydrogen-bond donors (Lipinski definition) is 1. The van der Waals surface area contributed by atoms with Gasteiger partial charge >= 0.3 is 0 Å². The van der Waals surface area contributed by atoms with E-state index < -0.39 is 0 Å². The number of morpholine rings is 1. The Balaban J connectivity index is 2.04. The summed E-state index contributed by atoms with van der Waals surface area (Å²) in [5.41, 5.74) is 0.949. The van der Waals surface area contributed by atoms with E-state index in [2.05, 4.69) is 17.1 Å². The van der Waals surface area contributed by atoms with Gasteiger partial charge in [-0.2, -0.15) is 0 Å². The van der Waals surface area contributed by atoms with Crippen LogP contribution in [-0.2, 0) is 11.2 Å². The number of halogens is 2. The molecular formula is C15H22ClFN2O. The van der Waals surface area contributed by atoms with Gasteiger partial charge in [0.1, 0.15) is 5.82 Å². The Kier molecular flexibility index (Phi) is 5.78. The van der Waals surface area contributed by atoms with Gasteiger partial charge in [-0.05, 0) is 37.7 Å². The van der Waals surface area contributed by atoms with E-state index in [1.54, 1.807) is 6.07 Å². The van der Waals surface area contributed by atoms with E-state index in [9.17, 15) is 4.39 Å². The van der Waals surface area contributed by atoms with Crippen LogP contribution in [0.5, 0.6) is 0 Å². The summed E-state index contributed by atoms with van der Waals surface area (Å²) in [6.45, 7) is 5.86. The number of nitrogens with zero attached hydrogens (tertiary/aromatic N) is 1. The first-order valence-electron chi connectivity index (χ1n) is 7.09. The number of nitrogens with one attached hydrogen (secondary N) is 1. The number of benzene rings is 1. The molecule has 1 fully saturated rings. The third-order valence-electron chi connectivity index (χ3n) is 3.90. The minimum absolute atomic E-state index is 0.134. The van der Waals surface area contributed by atoms with E-state index in [0.29, 0.717) is 5.02 Å². The van der Waals surface area contributed by atoms with Crippen LogP contribution in [0.3, 0.4) is 0 Å². The number of likely N-dealkylation sites (N-methyl/N-ethyl adjacent to an activating group) is 2. The minimum Gasteiger partial charge on any atom is -0.374 e. The van der Waals surface area contributed by atoms with Crippen molar-refractivity contribution in [1.29, 1.82) is 0 Å². The lowest BCUT2D eigenvalue weighted by atomic mass is 10.00. The molecule has 112 valence electrons. The van der Waals surface area contributed by atoms with Gasteiger partial charge in [0, 0.05) is 24.2 Å². The molecule has 0 spiro atoms. The third kappa shape index (κ3) is 3.92. The van der Waals surface area contributed by atoms with Crippen LogP contribution < -0.4 is 5.32 Å². The molecule has 0 aromatic heterocycles. The molecule has 0 aliphatic carbocycles. The largest absolute Gasteiger partial charge is 0.374 e. The van der Waals surface area contributed by atoms with Gasteiger partial charge in [0.25, 0.3) is 0 Å². The fraction of sp³-hybridized carbons (Fsp3) is 0.600. The molecule has 0 saturated carbocycles. The quantitative estimate of drug-likeness (QED) is 0.903. The van der Waals surface area contributed by atoms with Crippen LogP contribution in [0.15, 0.2) is 18.2 Å². The second-order valence-corrected chi connectivity index (χ2v) is 5.54. The Morgan fingerprint density at radius 3 is 3.00 bits per heavy atom. The van der Waals surface area contributed by atoms with Crippen LogP contribution in [0.4, 0.5) is 4.39 Å². The fourth-order valence-electron chi connectivity index (χ4n) is 2.61. The van der Waals surface area contributed by atoms with Crippen molar-refractivity contribution >= 4 is 11.6 Å². The summed E-state index contributed by atoms with van der Waals surface area (Å²) in [5.74, 6) is -0.300. The van der Waals surface area contributed by atoms with Crippen LogP contribution in [0.25, 0.3) is 0 Å². The Bertz CT molecular complexity index is 444. The molecule has 5 heteroatoms. The van der Waals surface area contributed by atoms with Crippen LogP contribution in [-0.4, -0.2) is 50.3 Å². The summed E-state index contributed by atoms with van der Waals surface area (Å²) < 4.78 is 19.0. The smallest absolute Gasteiger partial charge is 0.124 e. The maximum absolute atomic E-state index is 13.1. The Morgan fingerprint density at radius 1 is 1.55 bits per heavy atom. The minimum atomic E-state index is -0.300. The maximum Gasteiger partial charge on any atom is 0.124 e. The third-order valence-corrected chi connectivity index (χ3v) is 4.25. The highest BCUT2D eigenvalue weighted by atomic mass is 35.5. The van der Waals surface area contributed by atoms with E-state index >= 15 is 0 Å². The summed E-state index contributed by atoms with van der Waals surface area (Å²) in [6, 6.07) is 4.74. The monoisotopic (exact) mass is 300 g/mol. The molecule has 3 nitrogen and oxygen atoms in total. The molecule has 2 unspecified atom stereocenters. The van der Waals surface area contributed by atoms with Crippen molar-refractivity contribution in [3.63, 3.8) is 0 Å². The lowest BCUT2D eigenvalue weighted by molar-refractivity contribution is -0.0436. The Hall–Kier alpha value is -0.680. The number of rotatable bonds is 5. The van der Waals surface area contributed by atoms with Gasteiger partial charge in [-0.25, -0.2) is 4.39 Å². The molecule has 1 aliphatic heterocycles. The van der Waals surface area contributed by atoms with Gasteiger partial charge in [-0.3, -0.25) is 4.90 Å². The molecule has 2 atom stereocenters. The normalized spacial score (nSPS) is 21.9. The fourth-order valence-corrected chi connectivity index (χ4v) is 2.85. The van der Waals surface area contributed by atoms with E-state index in [4.69, 9.17) is 16.3 Å². The maximum atomic E-state index is 13.1. The summed E-state index contributed by atoms with van der Waals surface area (Å²) in [5, 5.41) is 3.78. The highest BCUT2D eigenvalue weighted by Gasteiger charge is 2.27. The first kappa shape index (κ1) is 15.7. The van der Waals surface area contributed by atoms with E-state index in [1.165, 1.54) is 12.1 Å². The first-order valence-corrected chi connectivity index (χ1v) is 7.47. The number of ether oxygens (including phenoxy) is 1. The number of hydrogen-bond acceptors (Lipinski definition) is 3. The molecule has 1 aromatic carbocycles. The van der Waals surface area contributed by atoms with Crippen molar-refractivity contribution in [2.45, 2.75) is 25.5 Å². The molecular weight excluding hydrogens is 279 g/mol. The second kappa shape index (κ2) is 7.36. The van der Waals surface area contributed by atoms with Crippen molar-refractivity contribution in [3.05, 3.63) is 34.6 Å². The lowest BCUT2D eigenvalue weighted by Crippen LogP contribution is -2.52. The van der Waals surface area contributed by atoms with Crippen LogP contribution >= 0.6 is 11.6 Å². The molecule has 1 saturated heterocycles. The zero-order valence-corrected chi connectivity index (χ0v) is 12.8. The predicted molar refractivity (Wildman–Crippen MR) is 79.8 cm³/mol. The van der Waals surface area contributed by atoms with Crippen LogP contribution in [0.2, 0.25) is 5.02 Å². The SMILES string of the molecule is CCN1CCOC(C(Cc2ccc(F)cc2Cl)NC)C1. The van der Waals surface area contributed by atoms with E-state index in [0.717, 1.165) is 38.2 Å². The molecule has 20 heavy (non-hydrogen) atoms. The van der Waals surface area contributed by atoms with Crippen molar-refractivity contribution in [2.24, 2.45) is 0 Å². The van der Waals surface area contributed by atoms with Gasteiger partial charge in [0.2, 0.25) is 0 Å². The molecule has 0 bridgehead atoms. The molecule has 1 aliphatic rings.